The van der Waals surface area contributed by atoms with Crippen LogP contribution in [0.25, 0.3) is 21.1 Å². The van der Waals surface area contributed by atoms with Crippen LogP contribution in [0.4, 0.5) is 5.69 Å². The van der Waals surface area contributed by atoms with Crippen LogP contribution in [0, 0.1) is 5.92 Å². The fourth-order valence-electron chi connectivity index (χ4n) is 4.05. The molecule has 144 valence electrons. The topological polar surface area (TPSA) is 103 Å². The Morgan fingerprint density at radius 1 is 1.21 bits per heavy atom. The Morgan fingerprint density at radius 3 is 2.86 bits per heavy atom. The summed E-state index contributed by atoms with van der Waals surface area (Å²) in [4.78, 5) is 45.9. The lowest BCUT2D eigenvalue weighted by Gasteiger charge is -2.27. The molecule has 5 rings (SSSR count). The van der Waals surface area contributed by atoms with E-state index in [-0.39, 0.29) is 0 Å². The van der Waals surface area contributed by atoms with Gasteiger partial charge in [-0.1, -0.05) is 18.2 Å². The average molecular weight is 405 g/mol. The molecule has 1 saturated heterocycles. The highest BCUT2D eigenvalue weighted by atomic mass is 32.1. The number of nitrogens with zero attached hydrogens (tertiary/aromatic N) is 2. The lowest BCUT2D eigenvalue weighted by molar-refractivity contribution is -0.141. The number of fused-ring (bicyclic) bond motifs is 2. The molecule has 2 unspecified atom stereocenters. The van der Waals surface area contributed by atoms with E-state index in [9.17, 15) is 19.5 Å². The van der Waals surface area contributed by atoms with Crippen molar-refractivity contribution in [1.82, 2.24) is 9.97 Å². The monoisotopic (exact) mass is 405 g/mol. The normalized spacial score (nSPS) is 19.5. The summed E-state index contributed by atoms with van der Waals surface area (Å²) >= 11 is 1.51. The van der Waals surface area contributed by atoms with Gasteiger partial charge < -0.3 is 10.1 Å². The fraction of sp³-hybridized carbons (Fsp3) is 0.143. The molecule has 1 aliphatic rings. The minimum Gasteiger partial charge on any atom is -0.481 e. The van der Waals surface area contributed by atoms with E-state index in [1.807, 2.05) is 29.6 Å². The summed E-state index contributed by atoms with van der Waals surface area (Å²) in [5.41, 5.74) is 2.80. The zero-order valence-electron chi connectivity index (χ0n) is 15.0. The smallest absolute Gasteiger partial charge is 0.304 e. The van der Waals surface area contributed by atoms with Crippen molar-refractivity contribution in [3.63, 3.8) is 0 Å². The fourth-order valence-corrected chi connectivity index (χ4v) is 5.04. The molecule has 4 aromatic rings. The number of anilines is 1. The highest BCUT2D eigenvalue weighted by molar-refractivity contribution is 7.17. The summed E-state index contributed by atoms with van der Waals surface area (Å²) in [7, 11) is 0. The number of hydrogen-bond donors (Lipinski definition) is 2. The van der Waals surface area contributed by atoms with Crippen LogP contribution in [0.15, 0.2) is 54.2 Å². The van der Waals surface area contributed by atoms with Crippen molar-refractivity contribution >= 4 is 55.8 Å². The van der Waals surface area contributed by atoms with Crippen LogP contribution in [0.5, 0.6) is 0 Å². The molecule has 0 aliphatic carbocycles. The number of carboxylic acid groups (broad SMARTS) is 1. The molecule has 2 atom stereocenters. The van der Waals surface area contributed by atoms with Crippen molar-refractivity contribution in [3.05, 3.63) is 59.7 Å². The largest absolute Gasteiger partial charge is 0.481 e. The van der Waals surface area contributed by atoms with Gasteiger partial charge in [0.2, 0.25) is 5.78 Å². The number of Topliss-reactive ketones (excluding diaryl/α,β-unsaturated/α-hetero) is 1. The number of imidazole rings is 1. The van der Waals surface area contributed by atoms with Crippen LogP contribution in [0.3, 0.4) is 0 Å². The van der Waals surface area contributed by atoms with Gasteiger partial charge in [0.15, 0.2) is 0 Å². The SMILES string of the molecule is O=C(O)CC1C(=O)C(=O)N(c2ccc3nc[nH]c3c2)C1c1csc2ccccc12. The minimum atomic E-state index is -1.11. The van der Waals surface area contributed by atoms with Gasteiger partial charge in [0.25, 0.3) is 5.91 Å². The van der Waals surface area contributed by atoms with Gasteiger partial charge >= 0.3 is 5.97 Å². The molecule has 0 bridgehead atoms. The predicted molar refractivity (Wildman–Crippen MR) is 109 cm³/mol. The number of amides is 1. The van der Waals surface area contributed by atoms with Crippen LogP contribution in [-0.4, -0.2) is 32.7 Å². The third-order valence-electron chi connectivity index (χ3n) is 5.33. The molecule has 29 heavy (non-hydrogen) atoms. The maximum atomic E-state index is 13.0. The molecule has 1 aliphatic heterocycles. The molecule has 2 N–H and O–H groups in total. The second kappa shape index (κ2) is 6.52. The van der Waals surface area contributed by atoms with Crippen LogP contribution in [0.2, 0.25) is 0 Å². The third kappa shape index (κ3) is 2.72. The van der Waals surface area contributed by atoms with E-state index in [2.05, 4.69) is 9.97 Å². The highest BCUT2D eigenvalue weighted by Gasteiger charge is 2.50. The number of rotatable bonds is 4. The number of nitrogens with one attached hydrogen (secondary N) is 1. The Labute approximate surface area is 168 Å². The van der Waals surface area contributed by atoms with E-state index >= 15 is 0 Å². The van der Waals surface area contributed by atoms with Crippen molar-refractivity contribution in [2.45, 2.75) is 12.5 Å². The zero-order chi connectivity index (χ0) is 20.1. The number of aromatic amines is 1. The molecule has 8 heteroatoms. The zero-order valence-corrected chi connectivity index (χ0v) is 15.8. The average Bonchev–Trinajstić information content (AvgIpc) is 3.40. The first-order chi connectivity index (χ1) is 14.0. The summed E-state index contributed by atoms with van der Waals surface area (Å²) in [5, 5.41) is 12.2. The molecule has 0 saturated carbocycles. The van der Waals surface area contributed by atoms with Gasteiger partial charge in [0.1, 0.15) is 0 Å². The predicted octanol–water partition coefficient (Wildman–Crippen LogP) is 3.53. The van der Waals surface area contributed by atoms with Crippen LogP contribution in [0.1, 0.15) is 18.0 Å². The van der Waals surface area contributed by atoms with Gasteiger partial charge in [-0.2, -0.15) is 0 Å². The molecule has 1 fully saturated rings. The summed E-state index contributed by atoms with van der Waals surface area (Å²) in [6.07, 6.45) is 1.16. The third-order valence-corrected chi connectivity index (χ3v) is 6.31. The van der Waals surface area contributed by atoms with Gasteiger partial charge in [-0.05, 0) is 40.6 Å². The Balaban J connectivity index is 1.71. The van der Waals surface area contributed by atoms with Crippen molar-refractivity contribution in [2.24, 2.45) is 5.92 Å². The molecular weight excluding hydrogens is 390 g/mol. The van der Waals surface area contributed by atoms with Gasteiger partial charge in [-0.25, -0.2) is 4.98 Å². The van der Waals surface area contributed by atoms with Crippen LogP contribution in [-0.2, 0) is 14.4 Å². The maximum absolute atomic E-state index is 13.0. The Bertz CT molecular complexity index is 1290. The number of carbonyl (C=O) groups excluding carboxylic acids is 2. The number of H-pyrrole nitrogens is 1. The Hall–Kier alpha value is -3.52. The first-order valence-electron chi connectivity index (χ1n) is 9.03. The lowest BCUT2D eigenvalue weighted by Crippen LogP contribution is -2.29. The molecule has 0 spiro atoms. The maximum Gasteiger partial charge on any atom is 0.304 e. The van der Waals surface area contributed by atoms with Gasteiger partial charge in [-0.3, -0.25) is 19.3 Å². The number of benzene rings is 2. The van der Waals surface area contributed by atoms with Crippen molar-refractivity contribution < 1.29 is 19.5 Å². The van der Waals surface area contributed by atoms with E-state index in [1.54, 1.807) is 24.5 Å². The summed E-state index contributed by atoms with van der Waals surface area (Å²) < 4.78 is 1.02. The van der Waals surface area contributed by atoms with Crippen LogP contribution >= 0.6 is 11.3 Å². The highest BCUT2D eigenvalue weighted by Crippen LogP contribution is 2.45. The number of aromatic nitrogens is 2. The number of thiophene rings is 1. The molecule has 2 aromatic carbocycles. The number of carbonyl (C=O) groups is 3. The van der Waals surface area contributed by atoms with Gasteiger partial charge in [-0.15, -0.1) is 11.3 Å². The number of carboxylic acids is 1. The van der Waals surface area contributed by atoms with E-state index in [0.29, 0.717) is 5.69 Å². The van der Waals surface area contributed by atoms with E-state index in [0.717, 1.165) is 26.7 Å². The van der Waals surface area contributed by atoms with E-state index < -0.39 is 36.0 Å². The molecule has 1 amide bonds. The molecule has 2 aromatic heterocycles. The minimum absolute atomic E-state index is 0.401. The number of ketones is 1. The molecule has 0 radical (unpaired) electrons. The van der Waals surface area contributed by atoms with Gasteiger partial charge in [0, 0.05) is 10.4 Å². The Morgan fingerprint density at radius 2 is 2.03 bits per heavy atom. The Kier molecular flexibility index (Phi) is 3.95. The standard InChI is InChI=1S/C21H15N3O4S/c25-18(26)8-13-19(14-9-29-17-4-2-1-3-12(14)17)24(21(28)20(13)27)11-5-6-15-16(7-11)23-10-22-15/h1-7,9-10,13,19H,8H2,(H,22,23)(H,25,26). The quantitative estimate of drug-likeness (QED) is 0.506. The molecular formula is C21H15N3O4S. The molecule has 3 heterocycles. The number of hydrogen-bond acceptors (Lipinski definition) is 5. The second-order valence-electron chi connectivity index (χ2n) is 6.98. The van der Waals surface area contributed by atoms with E-state index in [1.165, 1.54) is 16.2 Å². The van der Waals surface area contributed by atoms with Crippen LogP contribution < -0.4 is 4.90 Å². The number of aliphatic carboxylic acids is 1. The summed E-state index contributed by atoms with van der Waals surface area (Å²) in [6, 6.07) is 12.3. The second-order valence-corrected chi connectivity index (χ2v) is 7.89. The lowest BCUT2D eigenvalue weighted by atomic mass is 9.90. The van der Waals surface area contributed by atoms with Crippen molar-refractivity contribution in [1.29, 1.82) is 0 Å². The first-order valence-corrected chi connectivity index (χ1v) is 9.91. The molecule has 7 nitrogen and oxygen atoms in total. The van der Waals surface area contributed by atoms with E-state index in [4.69, 9.17) is 0 Å². The summed E-state index contributed by atoms with van der Waals surface area (Å²) in [6.45, 7) is 0. The van der Waals surface area contributed by atoms with Gasteiger partial charge in [0.05, 0.1) is 35.7 Å². The first kappa shape index (κ1) is 17.6. The summed E-state index contributed by atoms with van der Waals surface area (Å²) in [5.74, 6) is -3.41. The van der Waals surface area contributed by atoms with Crippen molar-refractivity contribution in [2.75, 3.05) is 4.90 Å². The van der Waals surface area contributed by atoms with Crippen molar-refractivity contribution in [3.8, 4) is 0 Å².